The minimum absolute atomic E-state index is 0.00640. The van der Waals surface area contributed by atoms with Crippen LogP contribution in [-0.4, -0.2) is 57.3 Å². The third kappa shape index (κ3) is 6.27. The van der Waals surface area contributed by atoms with Crippen LogP contribution in [-0.2, 0) is 6.54 Å². The minimum atomic E-state index is -0.672. The Bertz CT molecular complexity index is 1910. The molecule has 3 aromatic heterocycles. The smallest absolute Gasteiger partial charge is 0.297 e. The Kier molecular flexibility index (Phi) is 9.50. The Morgan fingerprint density at radius 2 is 1.76 bits per heavy atom. The van der Waals surface area contributed by atoms with E-state index in [1.54, 1.807) is 28.0 Å². The predicted molar refractivity (Wildman–Crippen MR) is 175 cm³/mol. The Morgan fingerprint density at radius 1 is 1.04 bits per heavy atom. The number of rotatable bonds is 11. The van der Waals surface area contributed by atoms with Crippen LogP contribution in [0.2, 0.25) is 0 Å². The Hall–Kier alpha value is -4.35. The molecule has 2 N–H and O–H groups in total. The van der Waals surface area contributed by atoms with Crippen molar-refractivity contribution >= 4 is 45.2 Å². The molecule has 0 radical (unpaired) electrons. The molecule has 0 saturated heterocycles. The fourth-order valence-corrected chi connectivity index (χ4v) is 6.62. The molecule has 0 fully saturated rings. The van der Waals surface area contributed by atoms with Crippen LogP contribution in [0.3, 0.4) is 0 Å². The fourth-order valence-electron chi connectivity index (χ4n) is 5.66. The molecule has 0 aliphatic carbocycles. The van der Waals surface area contributed by atoms with Gasteiger partial charge in [-0.25, -0.2) is 9.37 Å². The zero-order valence-electron chi connectivity index (χ0n) is 26.2. The van der Waals surface area contributed by atoms with Gasteiger partial charge in [0.15, 0.2) is 0 Å². The van der Waals surface area contributed by atoms with E-state index in [9.17, 15) is 18.8 Å². The third-order valence-electron chi connectivity index (χ3n) is 7.96. The number of carbonyl (C=O) groups excluding carboxylic acids is 2. The highest BCUT2D eigenvalue weighted by Gasteiger charge is 2.33. The molecule has 11 heteroatoms. The number of halogens is 1. The monoisotopic (exact) mass is 631 g/mol. The fraction of sp³-hybridized carbons (Fsp3) is 0.353. The molecule has 1 unspecified atom stereocenters. The van der Waals surface area contributed by atoms with Crippen LogP contribution in [0, 0.1) is 18.7 Å². The Balaban J connectivity index is 1.71. The van der Waals surface area contributed by atoms with Gasteiger partial charge in [0, 0.05) is 42.0 Å². The van der Waals surface area contributed by atoms with E-state index in [1.165, 1.54) is 34.1 Å². The first-order valence-electron chi connectivity index (χ1n) is 15.2. The van der Waals surface area contributed by atoms with Crippen molar-refractivity contribution in [2.45, 2.75) is 47.2 Å². The molecule has 45 heavy (non-hydrogen) atoms. The molecule has 0 bridgehead atoms. The molecule has 1 atom stereocenters. The number of carbonyl (C=O) groups is 2. The molecular formula is C34H38FN5O4S. The number of thiophene rings is 1. The van der Waals surface area contributed by atoms with Gasteiger partial charge in [0.2, 0.25) is 5.58 Å². The van der Waals surface area contributed by atoms with Crippen LogP contribution in [0.15, 0.2) is 63.8 Å². The lowest BCUT2D eigenvalue weighted by Gasteiger charge is -2.35. The van der Waals surface area contributed by atoms with Gasteiger partial charge in [-0.05, 0) is 69.2 Å². The summed E-state index contributed by atoms with van der Waals surface area (Å²) < 4.78 is 21.8. The molecule has 0 aliphatic rings. The molecule has 5 rings (SSSR count). The maximum absolute atomic E-state index is 14.4. The number of hydrogen-bond donors (Lipinski definition) is 1. The summed E-state index contributed by atoms with van der Waals surface area (Å²) >= 11 is 1.31. The standard InChI is InChI=1S/C34H38FN5O4S/c1-6-38(7-2)33(42)27-15-13-24(45-27)19-40-31(37-28-25-18-23(35)12-14-26(25)44-30(28)34(40)43)29(20(3)4)39(17-16-36)32(41)22-10-8-21(5)9-11-22/h8-15,18,20,29H,6-7,16-17,19,36H2,1-5H3. The minimum Gasteiger partial charge on any atom is -0.448 e. The maximum Gasteiger partial charge on any atom is 0.297 e. The molecule has 0 saturated carbocycles. The number of benzene rings is 2. The van der Waals surface area contributed by atoms with Gasteiger partial charge >= 0.3 is 0 Å². The van der Waals surface area contributed by atoms with E-state index in [4.69, 9.17) is 15.1 Å². The van der Waals surface area contributed by atoms with Gasteiger partial charge < -0.3 is 20.0 Å². The summed E-state index contributed by atoms with van der Waals surface area (Å²) in [6, 6.07) is 14.3. The molecule has 0 spiro atoms. The lowest BCUT2D eigenvalue weighted by molar-refractivity contribution is 0.0612. The number of nitrogens with two attached hydrogens (primary N) is 1. The van der Waals surface area contributed by atoms with Gasteiger partial charge in [-0.1, -0.05) is 31.5 Å². The van der Waals surface area contributed by atoms with Crippen LogP contribution >= 0.6 is 11.3 Å². The highest BCUT2D eigenvalue weighted by molar-refractivity contribution is 7.14. The van der Waals surface area contributed by atoms with Crippen molar-refractivity contribution in [2.75, 3.05) is 26.2 Å². The summed E-state index contributed by atoms with van der Waals surface area (Å²) in [4.78, 5) is 51.1. The molecule has 3 heterocycles. The van der Waals surface area contributed by atoms with E-state index < -0.39 is 17.4 Å². The van der Waals surface area contributed by atoms with Crippen molar-refractivity contribution in [3.05, 3.63) is 97.5 Å². The molecule has 9 nitrogen and oxygen atoms in total. The molecular weight excluding hydrogens is 593 g/mol. The number of aryl methyl sites for hydroxylation is 1. The molecule has 5 aromatic rings. The van der Waals surface area contributed by atoms with Crippen molar-refractivity contribution < 1.29 is 18.4 Å². The van der Waals surface area contributed by atoms with Crippen molar-refractivity contribution in [1.29, 1.82) is 0 Å². The van der Waals surface area contributed by atoms with Gasteiger partial charge in [0.1, 0.15) is 22.7 Å². The molecule has 2 aromatic carbocycles. The zero-order valence-corrected chi connectivity index (χ0v) is 27.0. The van der Waals surface area contributed by atoms with E-state index in [0.29, 0.717) is 40.3 Å². The van der Waals surface area contributed by atoms with E-state index in [-0.39, 0.29) is 48.5 Å². The van der Waals surface area contributed by atoms with E-state index >= 15 is 0 Å². The third-order valence-corrected chi connectivity index (χ3v) is 9.02. The lowest BCUT2D eigenvalue weighted by atomic mass is 9.99. The van der Waals surface area contributed by atoms with Gasteiger partial charge in [-0.3, -0.25) is 19.0 Å². The highest BCUT2D eigenvalue weighted by atomic mass is 32.1. The molecule has 0 aliphatic heterocycles. The first kappa shape index (κ1) is 32.1. The quantitative estimate of drug-likeness (QED) is 0.192. The van der Waals surface area contributed by atoms with Crippen LogP contribution in [0.5, 0.6) is 0 Å². The van der Waals surface area contributed by atoms with E-state index in [2.05, 4.69) is 0 Å². The predicted octanol–water partition coefficient (Wildman–Crippen LogP) is 5.98. The lowest BCUT2D eigenvalue weighted by Crippen LogP contribution is -2.43. The summed E-state index contributed by atoms with van der Waals surface area (Å²) in [7, 11) is 0. The summed E-state index contributed by atoms with van der Waals surface area (Å²) in [5, 5.41) is 0.372. The second-order valence-corrected chi connectivity index (χ2v) is 12.5. The summed E-state index contributed by atoms with van der Waals surface area (Å²) in [5.74, 6) is -0.671. The number of fused-ring (bicyclic) bond motifs is 3. The SMILES string of the molecule is CCN(CC)C(=O)c1ccc(Cn2c(C(C(C)C)N(CCN)C(=O)c3ccc(C)cc3)nc3c(oc4ccc(F)cc43)c2=O)s1. The topological polar surface area (TPSA) is 115 Å². The summed E-state index contributed by atoms with van der Waals surface area (Å²) in [5.41, 5.74) is 7.65. The second-order valence-electron chi connectivity index (χ2n) is 11.4. The van der Waals surface area contributed by atoms with Crippen molar-refractivity contribution in [2.24, 2.45) is 11.7 Å². The molecule has 236 valence electrons. The van der Waals surface area contributed by atoms with Gasteiger partial charge in [0.05, 0.1) is 17.5 Å². The van der Waals surface area contributed by atoms with Crippen molar-refractivity contribution in [3.8, 4) is 0 Å². The number of amides is 2. The molecule has 2 amide bonds. The van der Waals surface area contributed by atoms with Crippen molar-refractivity contribution in [1.82, 2.24) is 19.4 Å². The average molecular weight is 632 g/mol. The zero-order chi connectivity index (χ0) is 32.4. The van der Waals surface area contributed by atoms with Gasteiger partial charge in [-0.2, -0.15) is 0 Å². The average Bonchev–Trinajstić information content (AvgIpc) is 3.64. The second kappa shape index (κ2) is 13.3. The van der Waals surface area contributed by atoms with E-state index in [1.807, 2.05) is 52.8 Å². The van der Waals surface area contributed by atoms with Crippen LogP contribution in [0.25, 0.3) is 22.1 Å². The number of aromatic nitrogens is 2. The Morgan fingerprint density at radius 3 is 2.40 bits per heavy atom. The van der Waals surface area contributed by atoms with E-state index in [0.717, 1.165) is 10.4 Å². The van der Waals surface area contributed by atoms with Crippen molar-refractivity contribution in [3.63, 3.8) is 0 Å². The maximum atomic E-state index is 14.4. The number of hydrogen-bond acceptors (Lipinski definition) is 7. The normalized spacial score (nSPS) is 12.3. The van der Waals surface area contributed by atoms with Gasteiger partial charge in [0.25, 0.3) is 17.4 Å². The van der Waals surface area contributed by atoms with Crippen LogP contribution in [0.1, 0.15) is 70.0 Å². The first-order valence-corrected chi connectivity index (χ1v) is 16.0. The number of nitrogens with zero attached hydrogens (tertiary/aromatic N) is 4. The summed E-state index contributed by atoms with van der Waals surface area (Å²) in [6.07, 6.45) is 0. The van der Waals surface area contributed by atoms with Crippen LogP contribution in [0.4, 0.5) is 4.39 Å². The largest absolute Gasteiger partial charge is 0.448 e. The summed E-state index contributed by atoms with van der Waals surface area (Å²) in [6.45, 7) is 11.4. The Labute approximate surface area is 265 Å². The highest BCUT2D eigenvalue weighted by Crippen LogP contribution is 2.33. The first-order chi connectivity index (χ1) is 21.6. The number of furan rings is 1. The van der Waals surface area contributed by atoms with Gasteiger partial charge in [-0.15, -0.1) is 11.3 Å². The van der Waals surface area contributed by atoms with Crippen LogP contribution < -0.4 is 11.3 Å².